The number of nitrogens with one attached hydrogen (secondary N) is 1. The summed E-state index contributed by atoms with van der Waals surface area (Å²) < 4.78 is 5.45. The SMILES string of the molecule is CC(C)CCOc1cc(NN)cc([N+](=O)[O-])c1. The highest BCUT2D eigenvalue weighted by Gasteiger charge is 2.10. The summed E-state index contributed by atoms with van der Waals surface area (Å²) in [6.45, 7) is 4.70. The highest BCUT2D eigenvalue weighted by atomic mass is 16.6. The maximum atomic E-state index is 10.7. The molecule has 0 aliphatic carbocycles. The Bertz CT molecular complexity index is 394. The Morgan fingerprint density at radius 2 is 2.18 bits per heavy atom. The third-order valence-electron chi connectivity index (χ3n) is 2.23. The first-order chi connectivity index (χ1) is 8.02. The molecule has 17 heavy (non-hydrogen) atoms. The lowest BCUT2D eigenvalue weighted by Crippen LogP contribution is -2.08. The third kappa shape index (κ3) is 4.28. The summed E-state index contributed by atoms with van der Waals surface area (Å²) in [7, 11) is 0. The molecule has 0 atom stereocenters. The van der Waals surface area contributed by atoms with Crippen LogP contribution in [-0.4, -0.2) is 11.5 Å². The average Bonchev–Trinajstić information content (AvgIpc) is 2.28. The molecule has 0 aliphatic rings. The zero-order valence-electron chi connectivity index (χ0n) is 9.97. The van der Waals surface area contributed by atoms with Crippen molar-refractivity contribution in [2.24, 2.45) is 11.8 Å². The van der Waals surface area contributed by atoms with Gasteiger partial charge in [-0.15, -0.1) is 0 Å². The second kappa shape index (κ2) is 6.05. The van der Waals surface area contributed by atoms with E-state index in [0.29, 0.717) is 24.0 Å². The van der Waals surface area contributed by atoms with Gasteiger partial charge in [-0.25, -0.2) is 0 Å². The van der Waals surface area contributed by atoms with Crippen LogP contribution in [0.15, 0.2) is 18.2 Å². The van der Waals surface area contributed by atoms with Crippen molar-refractivity contribution < 1.29 is 9.66 Å². The molecule has 0 radical (unpaired) electrons. The second-order valence-corrected chi connectivity index (χ2v) is 4.15. The minimum absolute atomic E-state index is 0.0417. The number of nitrogen functional groups attached to an aromatic ring is 1. The molecule has 0 spiro atoms. The maximum Gasteiger partial charge on any atom is 0.275 e. The van der Waals surface area contributed by atoms with Crippen LogP contribution in [-0.2, 0) is 0 Å². The van der Waals surface area contributed by atoms with Gasteiger partial charge in [-0.2, -0.15) is 0 Å². The number of benzene rings is 1. The molecule has 94 valence electrons. The molecule has 6 nitrogen and oxygen atoms in total. The molecule has 0 unspecified atom stereocenters. The van der Waals surface area contributed by atoms with Gasteiger partial charge in [-0.1, -0.05) is 13.8 Å². The monoisotopic (exact) mass is 239 g/mol. The number of nitro groups is 1. The molecule has 0 amide bonds. The van der Waals surface area contributed by atoms with Crippen LogP contribution in [0.4, 0.5) is 11.4 Å². The number of nitro benzene ring substituents is 1. The third-order valence-corrected chi connectivity index (χ3v) is 2.23. The van der Waals surface area contributed by atoms with Crippen molar-refractivity contribution in [3.05, 3.63) is 28.3 Å². The van der Waals surface area contributed by atoms with Crippen LogP contribution in [0.2, 0.25) is 0 Å². The summed E-state index contributed by atoms with van der Waals surface area (Å²) in [4.78, 5) is 10.2. The van der Waals surface area contributed by atoms with E-state index in [4.69, 9.17) is 10.6 Å². The van der Waals surface area contributed by atoms with E-state index in [1.807, 2.05) is 0 Å². The van der Waals surface area contributed by atoms with Crippen LogP contribution >= 0.6 is 0 Å². The molecule has 0 bridgehead atoms. The van der Waals surface area contributed by atoms with Gasteiger partial charge in [-0.05, 0) is 12.3 Å². The highest BCUT2D eigenvalue weighted by molar-refractivity contribution is 5.55. The van der Waals surface area contributed by atoms with Crippen molar-refractivity contribution in [2.45, 2.75) is 20.3 Å². The molecule has 6 heteroatoms. The molecule has 0 saturated carbocycles. The molecule has 0 fully saturated rings. The first-order valence-electron chi connectivity index (χ1n) is 5.42. The summed E-state index contributed by atoms with van der Waals surface area (Å²) in [6, 6.07) is 4.38. The van der Waals surface area contributed by atoms with Gasteiger partial charge < -0.3 is 10.2 Å². The highest BCUT2D eigenvalue weighted by Crippen LogP contribution is 2.25. The normalized spacial score (nSPS) is 10.4. The summed E-state index contributed by atoms with van der Waals surface area (Å²) in [5.74, 6) is 6.22. The Hall–Kier alpha value is -1.82. The second-order valence-electron chi connectivity index (χ2n) is 4.15. The lowest BCUT2D eigenvalue weighted by atomic mass is 10.1. The fourth-order valence-corrected chi connectivity index (χ4v) is 1.27. The lowest BCUT2D eigenvalue weighted by Gasteiger charge is -2.09. The summed E-state index contributed by atoms with van der Waals surface area (Å²) >= 11 is 0. The van der Waals surface area contributed by atoms with E-state index >= 15 is 0 Å². The first-order valence-corrected chi connectivity index (χ1v) is 5.42. The lowest BCUT2D eigenvalue weighted by molar-refractivity contribution is -0.384. The van der Waals surface area contributed by atoms with E-state index in [0.717, 1.165) is 6.42 Å². The number of ether oxygens (including phenoxy) is 1. The van der Waals surface area contributed by atoms with Gasteiger partial charge in [0.15, 0.2) is 0 Å². The van der Waals surface area contributed by atoms with E-state index in [-0.39, 0.29) is 5.69 Å². The van der Waals surface area contributed by atoms with Crippen LogP contribution in [0.25, 0.3) is 0 Å². The Kier molecular flexibility index (Phi) is 4.71. The van der Waals surface area contributed by atoms with E-state index in [2.05, 4.69) is 19.3 Å². The van der Waals surface area contributed by atoms with Crippen molar-refractivity contribution >= 4 is 11.4 Å². The number of hydrogen-bond acceptors (Lipinski definition) is 5. The van der Waals surface area contributed by atoms with E-state index in [1.165, 1.54) is 12.1 Å². The number of hydrazine groups is 1. The van der Waals surface area contributed by atoms with E-state index in [1.54, 1.807) is 6.07 Å². The Labute approximate surface area is 99.9 Å². The predicted octanol–water partition coefficient (Wildman–Crippen LogP) is 2.31. The topological polar surface area (TPSA) is 90.4 Å². The predicted molar refractivity (Wildman–Crippen MR) is 65.9 cm³/mol. The van der Waals surface area contributed by atoms with Crippen molar-refractivity contribution in [3.63, 3.8) is 0 Å². The fraction of sp³-hybridized carbons (Fsp3) is 0.455. The number of hydrogen-bond donors (Lipinski definition) is 2. The largest absolute Gasteiger partial charge is 0.493 e. The number of nitrogens with zero attached hydrogens (tertiary/aromatic N) is 1. The minimum atomic E-state index is -0.476. The maximum absolute atomic E-state index is 10.7. The number of anilines is 1. The van der Waals surface area contributed by atoms with Gasteiger partial charge in [0, 0.05) is 12.1 Å². The van der Waals surface area contributed by atoms with Gasteiger partial charge in [-0.3, -0.25) is 16.0 Å². The van der Waals surface area contributed by atoms with Gasteiger partial charge in [0.1, 0.15) is 5.75 Å². The van der Waals surface area contributed by atoms with Crippen LogP contribution in [0.5, 0.6) is 5.75 Å². The molecule has 1 rings (SSSR count). The number of non-ortho nitro benzene ring substituents is 1. The van der Waals surface area contributed by atoms with Crippen LogP contribution in [0.3, 0.4) is 0 Å². The van der Waals surface area contributed by atoms with E-state index < -0.39 is 4.92 Å². The molecule has 1 aromatic carbocycles. The fourth-order valence-electron chi connectivity index (χ4n) is 1.27. The molecule has 3 N–H and O–H groups in total. The summed E-state index contributed by atoms with van der Waals surface area (Å²) in [5, 5.41) is 10.7. The zero-order chi connectivity index (χ0) is 12.8. The number of nitrogens with two attached hydrogens (primary N) is 1. The van der Waals surface area contributed by atoms with Crippen molar-refractivity contribution in [1.82, 2.24) is 0 Å². The molecule has 0 saturated heterocycles. The Morgan fingerprint density at radius 3 is 2.71 bits per heavy atom. The summed E-state index contributed by atoms with van der Waals surface area (Å²) in [6.07, 6.45) is 0.897. The Morgan fingerprint density at radius 1 is 1.47 bits per heavy atom. The Balaban J connectivity index is 2.76. The molecule has 0 aromatic heterocycles. The standard InChI is InChI=1S/C11H17N3O3/c1-8(2)3-4-17-11-6-9(13-12)5-10(7-11)14(15)16/h5-8,13H,3-4,12H2,1-2H3. The molecule has 0 aliphatic heterocycles. The molecule has 1 aromatic rings. The van der Waals surface area contributed by atoms with E-state index in [9.17, 15) is 10.1 Å². The molecular formula is C11H17N3O3. The minimum Gasteiger partial charge on any atom is -0.493 e. The van der Waals surface area contributed by atoms with Crippen molar-refractivity contribution in [2.75, 3.05) is 12.0 Å². The zero-order valence-corrected chi connectivity index (χ0v) is 9.97. The van der Waals surface area contributed by atoms with Gasteiger partial charge in [0.2, 0.25) is 0 Å². The van der Waals surface area contributed by atoms with Gasteiger partial charge >= 0.3 is 0 Å². The summed E-state index contributed by atoms with van der Waals surface area (Å²) in [5.41, 5.74) is 2.79. The molecule has 0 heterocycles. The smallest absolute Gasteiger partial charge is 0.275 e. The molecular weight excluding hydrogens is 222 g/mol. The van der Waals surface area contributed by atoms with Crippen LogP contribution in [0, 0.1) is 16.0 Å². The first kappa shape index (κ1) is 13.2. The van der Waals surface area contributed by atoms with Gasteiger partial charge in [0.05, 0.1) is 23.3 Å². The quantitative estimate of drug-likeness (QED) is 0.451. The number of rotatable bonds is 6. The average molecular weight is 239 g/mol. The van der Waals surface area contributed by atoms with Gasteiger partial charge in [0.25, 0.3) is 5.69 Å². The van der Waals surface area contributed by atoms with Crippen molar-refractivity contribution in [3.8, 4) is 5.75 Å². The van der Waals surface area contributed by atoms with Crippen LogP contribution < -0.4 is 16.0 Å². The van der Waals surface area contributed by atoms with Crippen molar-refractivity contribution in [1.29, 1.82) is 0 Å². The van der Waals surface area contributed by atoms with Crippen LogP contribution in [0.1, 0.15) is 20.3 Å².